The quantitative estimate of drug-likeness (QED) is 0.328. The number of amides is 1. The SMILES string of the molecule is CCNC(=NCCNC(=O)c1ccccc1)N1CCC(C(=O)OCC)CC1. The van der Waals surface area contributed by atoms with Gasteiger partial charge in [-0.2, -0.15) is 0 Å². The zero-order chi connectivity index (χ0) is 19.5. The molecule has 0 spiro atoms. The van der Waals surface area contributed by atoms with Crippen LogP contribution in [0.25, 0.3) is 0 Å². The van der Waals surface area contributed by atoms with E-state index in [0.29, 0.717) is 25.3 Å². The van der Waals surface area contributed by atoms with Crippen LogP contribution in [0.15, 0.2) is 35.3 Å². The van der Waals surface area contributed by atoms with Gasteiger partial charge in [0.1, 0.15) is 0 Å². The minimum atomic E-state index is -0.0947. The van der Waals surface area contributed by atoms with Gasteiger partial charge in [0.05, 0.1) is 19.1 Å². The van der Waals surface area contributed by atoms with Crippen molar-refractivity contribution in [2.45, 2.75) is 26.7 Å². The third-order valence-corrected chi connectivity index (χ3v) is 4.44. The van der Waals surface area contributed by atoms with Crippen LogP contribution in [0.2, 0.25) is 0 Å². The minimum Gasteiger partial charge on any atom is -0.466 e. The number of hydrogen-bond donors (Lipinski definition) is 2. The van der Waals surface area contributed by atoms with E-state index in [1.165, 1.54) is 0 Å². The second kappa shape index (κ2) is 11.2. The summed E-state index contributed by atoms with van der Waals surface area (Å²) < 4.78 is 5.12. The minimum absolute atomic E-state index is 0.0192. The average molecular weight is 374 g/mol. The van der Waals surface area contributed by atoms with Gasteiger partial charge >= 0.3 is 5.97 Å². The van der Waals surface area contributed by atoms with Crippen molar-refractivity contribution in [2.24, 2.45) is 10.9 Å². The summed E-state index contributed by atoms with van der Waals surface area (Å²) in [5.41, 5.74) is 0.648. The van der Waals surface area contributed by atoms with Gasteiger partial charge in [0.2, 0.25) is 0 Å². The van der Waals surface area contributed by atoms with Gasteiger partial charge in [-0.05, 0) is 38.8 Å². The molecule has 1 heterocycles. The Hall–Kier alpha value is -2.57. The molecule has 0 bridgehead atoms. The zero-order valence-electron chi connectivity index (χ0n) is 16.2. The lowest BCUT2D eigenvalue weighted by Gasteiger charge is -2.33. The van der Waals surface area contributed by atoms with Crippen LogP contribution >= 0.6 is 0 Å². The maximum Gasteiger partial charge on any atom is 0.309 e. The monoisotopic (exact) mass is 374 g/mol. The largest absolute Gasteiger partial charge is 0.466 e. The summed E-state index contributed by atoms with van der Waals surface area (Å²) in [6.45, 7) is 7.57. The molecular formula is C20H30N4O3. The molecule has 2 N–H and O–H groups in total. The summed E-state index contributed by atoms with van der Waals surface area (Å²) in [5, 5.41) is 6.17. The highest BCUT2D eigenvalue weighted by molar-refractivity contribution is 5.94. The lowest BCUT2D eigenvalue weighted by Crippen LogP contribution is -2.47. The van der Waals surface area contributed by atoms with Gasteiger partial charge < -0.3 is 20.3 Å². The van der Waals surface area contributed by atoms with Crippen molar-refractivity contribution in [1.82, 2.24) is 15.5 Å². The van der Waals surface area contributed by atoms with Crippen molar-refractivity contribution in [2.75, 3.05) is 39.3 Å². The number of carbonyl (C=O) groups is 2. The topological polar surface area (TPSA) is 83.0 Å². The molecule has 1 aromatic rings. The normalized spacial score (nSPS) is 15.3. The zero-order valence-corrected chi connectivity index (χ0v) is 16.2. The molecule has 1 amide bonds. The summed E-state index contributed by atoms with van der Waals surface area (Å²) in [5.74, 6) is 0.622. The maximum absolute atomic E-state index is 12.0. The fourth-order valence-corrected chi connectivity index (χ4v) is 3.04. The molecule has 0 unspecified atom stereocenters. The third-order valence-electron chi connectivity index (χ3n) is 4.44. The predicted molar refractivity (Wildman–Crippen MR) is 106 cm³/mol. The third kappa shape index (κ3) is 6.58. The Bertz CT molecular complexity index is 625. The molecule has 7 nitrogen and oxygen atoms in total. The summed E-state index contributed by atoms with van der Waals surface area (Å²) >= 11 is 0. The first-order chi connectivity index (χ1) is 13.2. The Kier molecular flexibility index (Phi) is 8.61. The number of hydrogen-bond acceptors (Lipinski definition) is 4. The van der Waals surface area contributed by atoms with E-state index in [1.54, 1.807) is 12.1 Å². The number of likely N-dealkylation sites (tertiary alicyclic amines) is 1. The van der Waals surface area contributed by atoms with E-state index in [0.717, 1.165) is 38.4 Å². The number of nitrogens with zero attached hydrogens (tertiary/aromatic N) is 2. The number of piperidine rings is 1. The molecule has 0 aromatic heterocycles. The van der Waals surface area contributed by atoms with Crippen molar-refractivity contribution in [1.29, 1.82) is 0 Å². The molecule has 7 heteroatoms. The van der Waals surface area contributed by atoms with Crippen LogP contribution in [0.1, 0.15) is 37.0 Å². The summed E-state index contributed by atoms with van der Waals surface area (Å²) in [6.07, 6.45) is 1.54. The Morgan fingerprint density at radius 3 is 2.48 bits per heavy atom. The van der Waals surface area contributed by atoms with Crippen molar-refractivity contribution in [3.05, 3.63) is 35.9 Å². The van der Waals surface area contributed by atoms with Crippen molar-refractivity contribution in [3.63, 3.8) is 0 Å². The highest BCUT2D eigenvalue weighted by Crippen LogP contribution is 2.18. The molecule has 1 saturated heterocycles. The van der Waals surface area contributed by atoms with Gasteiger partial charge in [-0.1, -0.05) is 18.2 Å². The van der Waals surface area contributed by atoms with Crippen molar-refractivity contribution < 1.29 is 14.3 Å². The van der Waals surface area contributed by atoms with Gasteiger partial charge in [0.15, 0.2) is 5.96 Å². The smallest absolute Gasteiger partial charge is 0.309 e. The average Bonchev–Trinajstić information content (AvgIpc) is 2.71. The lowest BCUT2D eigenvalue weighted by molar-refractivity contribution is -0.149. The molecule has 0 atom stereocenters. The molecule has 1 aromatic carbocycles. The van der Waals surface area contributed by atoms with E-state index in [1.807, 2.05) is 32.0 Å². The Morgan fingerprint density at radius 2 is 1.85 bits per heavy atom. The van der Waals surface area contributed by atoms with Gasteiger partial charge in [-0.25, -0.2) is 0 Å². The van der Waals surface area contributed by atoms with Crippen LogP contribution in [0.3, 0.4) is 0 Å². The van der Waals surface area contributed by atoms with E-state index >= 15 is 0 Å². The molecule has 1 aliphatic rings. The molecular weight excluding hydrogens is 344 g/mol. The van der Waals surface area contributed by atoms with Crippen LogP contribution in [0, 0.1) is 5.92 Å². The number of rotatable bonds is 7. The number of guanidine groups is 1. The molecule has 1 fully saturated rings. The molecule has 148 valence electrons. The number of ether oxygens (including phenoxy) is 1. The molecule has 0 saturated carbocycles. The van der Waals surface area contributed by atoms with Crippen LogP contribution in [0.4, 0.5) is 0 Å². The number of esters is 1. The Morgan fingerprint density at radius 1 is 1.15 bits per heavy atom. The van der Waals surface area contributed by atoms with Crippen molar-refractivity contribution >= 4 is 17.8 Å². The molecule has 1 aliphatic heterocycles. The second-order valence-electron chi connectivity index (χ2n) is 6.37. The van der Waals surface area contributed by atoms with Crippen LogP contribution in [0.5, 0.6) is 0 Å². The number of aliphatic imine (C=N–C) groups is 1. The van der Waals surface area contributed by atoms with E-state index in [9.17, 15) is 9.59 Å². The Balaban J connectivity index is 1.80. The first-order valence-corrected chi connectivity index (χ1v) is 9.68. The molecule has 0 radical (unpaired) electrons. The molecule has 2 rings (SSSR count). The van der Waals surface area contributed by atoms with E-state index < -0.39 is 0 Å². The molecule has 0 aliphatic carbocycles. The predicted octanol–water partition coefficient (Wildman–Crippen LogP) is 1.66. The molecule has 27 heavy (non-hydrogen) atoms. The second-order valence-corrected chi connectivity index (χ2v) is 6.37. The van der Waals surface area contributed by atoms with Crippen molar-refractivity contribution in [3.8, 4) is 0 Å². The lowest BCUT2D eigenvalue weighted by atomic mass is 9.97. The highest BCUT2D eigenvalue weighted by atomic mass is 16.5. The van der Waals surface area contributed by atoms with Crippen LogP contribution in [-0.4, -0.2) is 62.1 Å². The highest BCUT2D eigenvalue weighted by Gasteiger charge is 2.27. The van der Waals surface area contributed by atoms with Crippen LogP contribution < -0.4 is 10.6 Å². The van der Waals surface area contributed by atoms with Gasteiger partial charge in [0, 0.05) is 31.7 Å². The first-order valence-electron chi connectivity index (χ1n) is 9.68. The summed E-state index contributed by atoms with van der Waals surface area (Å²) in [4.78, 5) is 30.7. The number of carbonyl (C=O) groups excluding carboxylic acids is 2. The maximum atomic E-state index is 12.0. The van der Waals surface area contributed by atoms with E-state index in [4.69, 9.17) is 4.74 Å². The van der Waals surface area contributed by atoms with Gasteiger partial charge in [0.25, 0.3) is 5.91 Å². The Labute approximate surface area is 161 Å². The first kappa shape index (κ1) is 20.7. The number of nitrogens with one attached hydrogen (secondary N) is 2. The van der Waals surface area contributed by atoms with E-state index in [-0.39, 0.29) is 17.8 Å². The number of benzene rings is 1. The standard InChI is InChI=1S/C20H30N4O3/c1-3-21-20(24-14-10-17(11-15-24)19(26)27-4-2)23-13-12-22-18(25)16-8-6-5-7-9-16/h5-9,17H,3-4,10-15H2,1-2H3,(H,21,23)(H,22,25). The summed E-state index contributed by atoms with van der Waals surface area (Å²) in [7, 11) is 0. The van der Waals surface area contributed by atoms with Gasteiger partial charge in [-0.3, -0.25) is 14.6 Å². The van der Waals surface area contributed by atoms with E-state index in [2.05, 4.69) is 20.5 Å². The fraction of sp³-hybridized carbons (Fsp3) is 0.550. The van der Waals surface area contributed by atoms with Crippen LogP contribution in [-0.2, 0) is 9.53 Å². The fourth-order valence-electron chi connectivity index (χ4n) is 3.04. The van der Waals surface area contributed by atoms with Gasteiger partial charge in [-0.15, -0.1) is 0 Å². The summed E-state index contributed by atoms with van der Waals surface area (Å²) in [6, 6.07) is 9.15.